The summed E-state index contributed by atoms with van der Waals surface area (Å²) in [7, 11) is 0. The van der Waals surface area contributed by atoms with E-state index in [2.05, 4.69) is 33.8 Å². The number of ether oxygens (including phenoxy) is 1. The molecule has 6 nitrogen and oxygen atoms in total. The third-order valence-corrected chi connectivity index (χ3v) is 3.50. The minimum absolute atomic E-state index is 0.0412. The molecule has 0 spiro atoms. The molecule has 0 aromatic carbocycles. The van der Waals surface area contributed by atoms with Crippen LogP contribution in [0.5, 0.6) is 5.75 Å². The van der Waals surface area contributed by atoms with Gasteiger partial charge in [0.25, 0.3) is 0 Å². The molecule has 2 rings (SSSR count). The lowest BCUT2D eigenvalue weighted by Crippen LogP contribution is -2.24. The normalized spacial score (nSPS) is 11.8. The van der Waals surface area contributed by atoms with Gasteiger partial charge >= 0.3 is 0 Å². The minimum atomic E-state index is -0.0582. The summed E-state index contributed by atoms with van der Waals surface area (Å²) in [4.78, 5) is 12.7. The van der Waals surface area contributed by atoms with Gasteiger partial charge in [0, 0.05) is 0 Å². The van der Waals surface area contributed by atoms with Crippen LogP contribution < -0.4 is 10.1 Å². The number of nitrogens with zero attached hydrogens (tertiary/aromatic N) is 3. The lowest BCUT2D eigenvalue weighted by molar-refractivity contribution is 0.266. The fraction of sp³-hybridized carbons (Fsp3) is 0.389. The standard InChI is InChI=1S/C18H24N4O2/c1-4-6-14(10-23)22-18-17(9-19-12-20-18)24-11-15-7-5-8-16(21-15)13(2)3/h5,7-9,12,14,23H,2,4,6,10-11H2,1,3H3,(H,19,20,22). The summed E-state index contributed by atoms with van der Waals surface area (Å²) in [6.45, 7) is 8.24. The van der Waals surface area contributed by atoms with E-state index in [1.165, 1.54) is 6.33 Å². The summed E-state index contributed by atoms with van der Waals surface area (Å²) < 4.78 is 5.82. The van der Waals surface area contributed by atoms with Gasteiger partial charge in [0.15, 0.2) is 11.6 Å². The Bertz CT molecular complexity index is 676. The van der Waals surface area contributed by atoms with Gasteiger partial charge in [0.2, 0.25) is 0 Å². The van der Waals surface area contributed by atoms with Crippen molar-refractivity contribution in [3.63, 3.8) is 0 Å². The minimum Gasteiger partial charge on any atom is -0.482 e. The molecule has 0 saturated carbocycles. The molecule has 0 radical (unpaired) electrons. The number of allylic oxidation sites excluding steroid dienone is 1. The first-order valence-corrected chi connectivity index (χ1v) is 8.06. The van der Waals surface area contributed by atoms with Crippen molar-refractivity contribution in [3.8, 4) is 5.75 Å². The number of aliphatic hydroxyl groups is 1. The fourth-order valence-corrected chi connectivity index (χ4v) is 2.23. The topological polar surface area (TPSA) is 80.2 Å². The van der Waals surface area contributed by atoms with Gasteiger partial charge in [-0.1, -0.05) is 26.0 Å². The van der Waals surface area contributed by atoms with Gasteiger partial charge in [-0.3, -0.25) is 0 Å². The van der Waals surface area contributed by atoms with Crippen molar-refractivity contribution < 1.29 is 9.84 Å². The Labute approximate surface area is 142 Å². The first-order valence-electron chi connectivity index (χ1n) is 8.06. The molecule has 0 aliphatic carbocycles. The Hall–Kier alpha value is -2.47. The summed E-state index contributed by atoms with van der Waals surface area (Å²) in [6.07, 6.45) is 4.88. The molecule has 2 heterocycles. The molecule has 1 atom stereocenters. The monoisotopic (exact) mass is 328 g/mol. The molecule has 0 saturated heterocycles. The maximum atomic E-state index is 9.43. The van der Waals surface area contributed by atoms with E-state index in [4.69, 9.17) is 4.74 Å². The molecule has 128 valence electrons. The molecular formula is C18H24N4O2. The van der Waals surface area contributed by atoms with E-state index in [1.54, 1.807) is 6.20 Å². The van der Waals surface area contributed by atoms with Crippen LogP contribution in [0.4, 0.5) is 5.82 Å². The summed E-state index contributed by atoms with van der Waals surface area (Å²) in [5.74, 6) is 1.11. The second kappa shape index (κ2) is 8.98. The zero-order valence-electron chi connectivity index (χ0n) is 14.2. The highest BCUT2D eigenvalue weighted by Gasteiger charge is 2.12. The summed E-state index contributed by atoms with van der Waals surface area (Å²) >= 11 is 0. The average Bonchev–Trinajstić information content (AvgIpc) is 2.60. The lowest BCUT2D eigenvalue weighted by Gasteiger charge is -2.18. The van der Waals surface area contributed by atoms with Crippen LogP contribution in [0.25, 0.3) is 5.57 Å². The second-order valence-electron chi connectivity index (χ2n) is 5.63. The fourth-order valence-electron chi connectivity index (χ4n) is 2.23. The number of hydrogen-bond donors (Lipinski definition) is 2. The molecule has 0 fully saturated rings. The SMILES string of the molecule is C=C(C)c1cccc(COc2cncnc2NC(CO)CCC)n1. The van der Waals surface area contributed by atoms with Gasteiger partial charge in [0.05, 0.1) is 30.2 Å². The largest absolute Gasteiger partial charge is 0.482 e. The van der Waals surface area contributed by atoms with Gasteiger partial charge in [0.1, 0.15) is 12.9 Å². The molecular weight excluding hydrogens is 304 g/mol. The predicted molar refractivity (Wildman–Crippen MR) is 94.7 cm³/mol. The molecule has 2 aromatic heterocycles. The highest BCUT2D eigenvalue weighted by Crippen LogP contribution is 2.22. The third kappa shape index (κ3) is 5.03. The van der Waals surface area contributed by atoms with E-state index in [0.717, 1.165) is 29.8 Å². The molecule has 2 N–H and O–H groups in total. The maximum Gasteiger partial charge on any atom is 0.180 e. The number of aromatic nitrogens is 3. The number of aliphatic hydroxyl groups excluding tert-OH is 1. The van der Waals surface area contributed by atoms with Crippen LogP contribution in [-0.2, 0) is 6.61 Å². The lowest BCUT2D eigenvalue weighted by atomic mass is 10.2. The van der Waals surface area contributed by atoms with Crippen molar-refractivity contribution >= 4 is 11.4 Å². The highest BCUT2D eigenvalue weighted by molar-refractivity contribution is 5.57. The first-order chi connectivity index (χ1) is 11.6. The van der Waals surface area contributed by atoms with Crippen LogP contribution in [0.1, 0.15) is 38.1 Å². The number of pyridine rings is 1. The number of nitrogens with one attached hydrogen (secondary N) is 1. The van der Waals surface area contributed by atoms with Gasteiger partial charge in [-0.2, -0.15) is 0 Å². The van der Waals surface area contributed by atoms with Crippen molar-refractivity contribution in [2.24, 2.45) is 0 Å². The predicted octanol–water partition coefficient (Wildman–Crippen LogP) is 3.06. The third-order valence-electron chi connectivity index (χ3n) is 3.50. The van der Waals surface area contributed by atoms with Crippen LogP contribution in [0.15, 0.2) is 37.3 Å². The molecule has 1 unspecified atom stereocenters. The van der Waals surface area contributed by atoms with Crippen molar-refractivity contribution in [2.45, 2.75) is 39.3 Å². The van der Waals surface area contributed by atoms with Crippen LogP contribution in [0.3, 0.4) is 0 Å². The van der Waals surface area contributed by atoms with E-state index in [1.807, 2.05) is 25.1 Å². The van der Waals surface area contributed by atoms with Crippen LogP contribution in [0.2, 0.25) is 0 Å². The summed E-state index contributed by atoms with van der Waals surface area (Å²) in [5, 5.41) is 12.6. The van der Waals surface area contributed by atoms with Crippen molar-refractivity contribution in [3.05, 3.63) is 48.7 Å². The smallest absolute Gasteiger partial charge is 0.180 e. The maximum absolute atomic E-state index is 9.43. The Morgan fingerprint density at radius 1 is 1.42 bits per heavy atom. The highest BCUT2D eigenvalue weighted by atomic mass is 16.5. The first kappa shape index (κ1) is 17.9. The Kier molecular flexibility index (Phi) is 6.69. The number of hydrogen-bond acceptors (Lipinski definition) is 6. The van der Waals surface area contributed by atoms with E-state index < -0.39 is 0 Å². The molecule has 0 aliphatic rings. The summed E-state index contributed by atoms with van der Waals surface area (Å²) in [6, 6.07) is 5.69. The van der Waals surface area contributed by atoms with Gasteiger partial charge in [-0.05, 0) is 31.1 Å². The van der Waals surface area contributed by atoms with Crippen LogP contribution in [-0.4, -0.2) is 32.7 Å². The molecule has 2 aromatic rings. The van der Waals surface area contributed by atoms with Crippen molar-refractivity contribution in [1.29, 1.82) is 0 Å². The Morgan fingerprint density at radius 2 is 2.25 bits per heavy atom. The van der Waals surface area contributed by atoms with Crippen LogP contribution >= 0.6 is 0 Å². The van der Waals surface area contributed by atoms with Crippen LogP contribution in [0, 0.1) is 0 Å². The molecule has 0 aliphatic heterocycles. The van der Waals surface area contributed by atoms with Crippen molar-refractivity contribution in [1.82, 2.24) is 15.0 Å². The van der Waals surface area contributed by atoms with E-state index >= 15 is 0 Å². The Morgan fingerprint density at radius 3 is 2.96 bits per heavy atom. The van der Waals surface area contributed by atoms with Gasteiger partial charge < -0.3 is 15.2 Å². The summed E-state index contributed by atoms with van der Waals surface area (Å²) in [5.41, 5.74) is 2.56. The van der Waals surface area contributed by atoms with E-state index in [-0.39, 0.29) is 12.6 Å². The molecule has 0 bridgehead atoms. The van der Waals surface area contributed by atoms with E-state index in [0.29, 0.717) is 18.2 Å². The van der Waals surface area contributed by atoms with E-state index in [9.17, 15) is 5.11 Å². The van der Waals surface area contributed by atoms with Crippen molar-refractivity contribution in [2.75, 3.05) is 11.9 Å². The number of anilines is 1. The quantitative estimate of drug-likeness (QED) is 0.736. The molecule has 24 heavy (non-hydrogen) atoms. The Balaban J connectivity index is 2.07. The average molecular weight is 328 g/mol. The molecule has 0 amide bonds. The van der Waals surface area contributed by atoms with Gasteiger partial charge in [-0.15, -0.1) is 0 Å². The zero-order valence-corrected chi connectivity index (χ0v) is 14.2. The number of rotatable bonds is 9. The second-order valence-corrected chi connectivity index (χ2v) is 5.63. The zero-order chi connectivity index (χ0) is 17.4. The molecule has 6 heteroatoms. The van der Waals surface area contributed by atoms with Gasteiger partial charge in [-0.25, -0.2) is 15.0 Å².